The molecule has 0 spiro atoms. The van der Waals surface area contributed by atoms with E-state index in [-0.39, 0.29) is 0 Å². The zero-order chi connectivity index (χ0) is 44.3. The quantitative estimate of drug-likeness (QED) is 0.150. The fraction of sp³-hybridized carbons (Fsp3) is 0. The van der Waals surface area contributed by atoms with Crippen LogP contribution >= 0.6 is 0 Å². The van der Waals surface area contributed by atoms with Crippen LogP contribution in [-0.2, 0) is 0 Å². The second-order valence-electron chi connectivity index (χ2n) is 17.0. The summed E-state index contributed by atoms with van der Waals surface area (Å²) in [4.78, 5) is 20.9. The Kier molecular flexibility index (Phi) is 9.10. The maximum absolute atomic E-state index is 5.31. The van der Waals surface area contributed by atoms with Gasteiger partial charge in [-0.3, -0.25) is 4.57 Å². The Balaban J connectivity index is 0.989. The Morgan fingerprint density at radius 3 is 1.21 bits per heavy atom. The normalized spacial score (nSPS) is 11.6. The van der Waals surface area contributed by atoms with E-state index in [4.69, 9.17) is 19.9 Å². The standard InChI is InChI=1S/C62H39N5/c1-5-18-40(19-6-1)55-38-56(41-20-7-2-8-21-41)64-61(63-55)46-27-17-26-44(34-46)45-32-33-49-51(35-45)47-28-13-14-29-48(47)53-37-60-54(36-52(49)53)50-30-15-16-31-59(50)67(60)62-65-57(42-22-9-3-10-23-42)39-58(66-62)43-24-11-4-12-25-43/h1-39H. The summed E-state index contributed by atoms with van der Waals surface area (Å²) < 4.78 is 2.25. The van der Waals surface area contributed by atoms with E-state index in [1.165, 1.54) is 32.3 Å². The third-order valence-corrected chi connectivity index (χ3v) is 13.0. The third kappa shape index (κ3) is 6.72. The topological polar surface area (TPSA) is 56.5 Å². The highest BCUT2D eigenvalue weighted by Crippen LogP contribution is 2.42. The number of rotatable bonds is 7. The molecule has 5 heteroatoms. The number of fused-ring (bicyclic) bond motifs is 9. The third-order valence-electron chi connectivity index (χ3n) is 13.0. The van der Waals surface area contributed by atoms with Crippen LogP contribution in [0.2, 0.25) is 0 Å². The molecule has 0 amide bonds. The van der Waals surface area contributed by atoms with E-state index in [0.717, 1.165) is 83.5 Å². The molecule has 5 nitrogen and oxygen atoms in total. The van der Waals surface area contributed by atoms with Crippen molar-refractivity contribution < 1.29 is 0 Å². The van der Waals surface area contributed by atoms with Gasteiger partial charge in [-0.05, 0) is 85.9 Å². The van der Waals surface area contributed by atoms with E-state index in [9.17, 15) is 0 Å². The molecule has 13 aromatic rings. The predicted molar refractivity (Wildman–Crippen MR) is 277 cm³/mol. The predicted octanol–water partition coefficient (Wildman–Crippen LogP) is 15.8. The van der Waals surface area contributed by atoms with Gasteiger partial charge in [-0.25, -0.2) is 19.9 Å². The molecule has 0 bridgehead atoms. The summed E-state index contributed by atoms with van der Waals surface area (Å²) in [6, 6.07) is 83.3. The number of hydrogen-bond acceptors (Lipinski definition) is 4. The molecule has 0 fully saturated rings. The van der Waals surface area contributed by atoms with Gasteiger partial charge in [0, 0.05) is 38.6 Å². The van der Waals surface area contributed by atoms with Crippen molar-refractivity contribution in [3.8, 4) is 73.5 Å². The number of aromatic nitrogens is 5. The summed E-state index contributed by atoms with van der Waals surface area (Å²) in [6.45, 7) is 0. The molecule has 10 aromatic carbocycles. The van der Waals surface area contributed by atoms with Crippen LogP contribution < -0.4 is 0 Å². The molecule has 0 atom stereocenters. The highest BCUT2D eigenvalue weighted by molar-refractivity contribution is 6.29. The van der Waals surface area contributed by atoms with Crippen molar-refractivity contribution in [3.05, 3.63) is 237 Å². The average molecular weight is 854 g/mol. The lowest BCUT2D eigenvalue weighted by atomic mass is 9.91. The van der Waals surface area contributed by atoms with E-state index < -0.39 is 0 Å². The Labute approximate surface area is 387 Å². The average Bonchev–Trinajstić information content (AvgIpc) is 3.74. The first kappa shape index (κ1) is 38.4. The van der Waals surface area contributed by atoms with Crippen molar-refractivity contribution in [1.29, 1.82) is 0 Å². The highest BCUT2D eigenvalue weighted by atomic mass is 15.2. The highest BCUT2D eigenvalue weighted by Gasteiger charge is 2.20. The fourth-order valence-corrected chi connectivity index (χ4v) is 9.79. The maximum atomic E-state index is 5.31. The van der Waals surface area contributed by atoms with E-state index in [2.05, 4.69) is 217 Å². The molecule has 13 rings (SSSR count). The zero-order valence-corrected chi connectivity index (χ0v) is 36.3. The van der Waals surface area contributed by atoms with Crippen molar-refractivity contribution in [2.75, 3.05) is 0 Å². The van der Waals surface area contributed by atoms with Crippen molar-refractivity contribution in [2.24, 2.45) is 0 Å². The van der Waals surface area contributed by atoms with Crippen LogP contribution in [0.5, 0.6) is 0 Å². The van der Waals surface area contributed by atoms with Crippen LogP contribution in [0.1, 0.15) is 0 Å². The summed E-state index contributed by atoms with van der Waals surface area (Å²) in [5.74, 6) is 1.33. The maximum Gasteiger partial charge on any atom is 0.235 e. The lowest BCUT2D eigenvalue weighted by Crippen LogP contribution is -2.04. The molecule has 3 aromatic heterocycles. The molecule has 0 saturated carbocycles. The van der Waals surface area contributed by atoms with Crippen LogP contribution in [0.15, 0.2) is 237 Å². The van der Waals surface area contributed by atoms with Gasteiger partial charge in [-0.2, -0.15) is 0 Å². The van der Waals surface area contributed by atoms with Gasteiger partial charge in [-0.1, -0.05) is 194 Å². The smallest absolute Gasteiger partial charge is 0.235 e. The van der Waals surface area contributed by atoms with E-state index in [1.54, 1.807) is 0 Å². The molecule has 0 N–H and O–H groups in total. The van der Waals surface area contributed by atoms with Gasteiger partial charge >= 0.3 is 0 Å². The molecule has 0 radical (unpaired) electrons. The number of para-hydroxylation sites is 1. The number of nitrogens with zero attached hydrogens (tertiary/aromatic N) is 5. The Morgan fingerprint density at radius 1 is 0.224 bits per heavy atom. The zero-order valence-electron chi connectivity index (χ0n) is 36.3. The summed E-state index contributed by atoms with van der Waals surface area (Å²) >= 11 is 0. The molecule has 0 aliphatic heterocycles. The first-order valence-electron chi connectivity index (χ1n) is 22.6. The van der Waals surface area contributed by atoms with Crippen molar-refractivity contribution in [1.82, 2.24) is 24.5 Å². The molecule has 0 saturated heterocycles. The van der Waals surface area contributed by atoms with Gasteiger partial charge in [0.05, 0.1) is 33.8 Å². The monoisotopic (exact) mass is 853 g/mol. The molecular formula is C62H39N5. The lowest BCUT2D eigenvalue weighted by molar-refractivity contribution is 0.996. The Morgan fingerprint density at radius 2 is 0.642 bits per heavy atom. The van der Waals surface area contributed by atoms with Crippen molar-refractivity contribution in [3.63, 3.8) is 0 Å². The van der Waals surface area contributed by atoms with Gasteiger partial charge in [0.2, 0.25) is 5.95 Å². The molecule has 312 valence electrons. The molecule has 3 heterocycles. The number of benzene rings is 10. The fourth-order valence-electron chi connectivity index (χ4n) is 9.79. The van der Waals surface area contributed by atoms with Crippen molar-refractivity contribution in [2.45, 2.75) is 0 Å². The van der Waals surface area contributed by atoms with Crippen LogP contribution in [0, 0.1) is 0 Å². The van der Waals surface area contributed by atoms with Crippen LogP contribution in [0.25, 0.3) is 128 Å². The summed E-state index contributed by atoms with van der Waals surface area (Å²) in [5, 5.41) is 9.48. The van der Waals surface area contributed by atoms with Crippen LogP contribution in [-0.4, -0.2) is 24.5 Å². The molecule has 0 aliphatic carbocycles. The Hall–Kier alpha value is -9.06. The largest absolute Gasteiger partial charge is 0.278 e. The molecule has 67 heavy (non-hydrogen) atoms. The van der Waals surface area contributed by atoms with E-state index in [1.807, 2.05) is 24.3 Å². The first-order chi connectivity index (χ1) is 33.2. The van der Waals surface area contributed by atoms with Gasteiger partial charge < -0.3 is 0 Å². The minimum atomic E-state index is 0.635. The van der Waals surface area contributed by atoms with Crippen LogP contribution in [0.3, 0.4) is 0 Å². The lowest BCUT2D eigenvalue weighted by Gasteiger charge is -2.14. The second-order valence-corrected chi connectivity index (χ2v) is 17.0. The first-order valence-corrected chi connectivity index (χ1v) is 22.6. The second kappa shape index (κ2) is 15.9. The van der Waals surface area contributed by atoms with Gasteiger partial charge in [0.1, 0.15) is 0 Å². The van der Waals surface area contributed by atoms with Crippen molar-refractivity contribution >= 4 is 54.1 Å². The Bertz CT molecular complexity index is 3900. The molecule has 0 aliphatic rings. The molecular weight excluding hydrogens is 815 g/mol. The summed E-state index contributed by atoms with van der Waals surface area (Å²) in [6.07, 6.45) is 0. The van der Waals surface area contributed by atoms with Gasteiger partial charge in [0.25, 0.3) is 0 Å². The minimum absolute atomic E-state index is 0.635. The SMILES string of the molecule is c1ccc(-c2cc(-c3ccccc3)nc(-c3cccc(-c4ccc5c(c4)c4ccccc4c4cc6c(cc54)c4ccccc4n6-c4nc(-c5ccccc5)cc(-c5ccccc5)n4)c3)n2)cc1. The molecule has 0 unspecified atom stereocenters. The van der Waals surface area contributed by atoms with Gasteiger partial charge in [0.15, 0.2) is 5.82 Å². The van der Waals surface area contributed by atoms with E-state index >= 15 is 0 Å². The van der Waals surface area contributed by atoms with Gasteiger partial charge in [-0.15, -0.1) is 0 Å². The van der Waals surface area contributed by atoms with E-state index in [0.29, 0.717) is 11.8 Å². The number of hydrogen-bond donors (Lipinski definition) is 0. The summed E-state index contributed by atoms with van der Waals surface area (Å²) in [7, 11) is 0. The summed E-state index contributed by atoms with van der Waals surface area (Å²) in [5.41, 5.74) is 13.0. The minimum Gasteiger partial charge on any atom is -0.278 e. The van der Waals surface area contributed by atoms with Crippen LogP contribution in [0.4, 0.5) is 0 Å².